The molecule has 0 bridgehead atoms. The van der Waals surface area contributed by atoms with E-state index in [0.717, 1.165) is 10.9 Å². The largest absolute Gasteiger partial charge is 0.378 e. The third-order valence-electron chi connectivity index (χ3n) is 1.36. The summed E-state index contributed by atoms with van der Waals surface area (Å²) in [6, 6.07) is 0. The van der Waals surface area contributed by atoms with Crippen LogP contribution in [-0.4, -0.2) is 20.6 Å². The lowest BCUT2D eigenvalue weighted by Crippen LogP contribution is -2.20. The number of nitrogens with two attached hydrogens (primary N) is 2. The minimum absolute atomic E-state index is 0.177. The molecular weight excluding hydrogens is 178 g/mol. The number of carbonyl (C=O) groups excluding carboxylic acids is 1. The molecule has 13 heavy (non-hydrogen) atoms. The van der Waals surface area contributed by atoms with Gasteiger partial charge in [-0.15, -0.1) is 0 Å². The lowest BCUT2D eigenvalue weighted by atomic mass is 10.5. The van der Waals surface area contributed by atoms with Gasteiger partial charge >= 0.3 is 5.69 Å². The Morgan fingerprint density at radius 1 is 1.77 bits per heavy atom. The highest BCUT2D eigenvalue weighted by molar-refractivity contribution is 5.74. The van der Waals surface area contributed by atoms with Gasteiger partial charge in [-0.25, -0.2) is 4.68 Å². The monoisotopic (exact) mass is 185 g/mol. The van der Waals surface area contributed by atoms with Crippen LogP contribution in [0, 0.1) is 10.1 Å². The van der Waals surface area contributed by atoms with Crippen molar-refractivity contribution in [2.75, 3.05) is 5.73 Å². The molecule has 0 aliphatic carbocycles. The number of primary amides is 1. The summed E-state index contributed by atoms with van der Waals surface area (Å²) in [4.78, 5) is 20.0. The Morgan fingerprint density at radius 2 is 2.38 bits per heavy atom. The van der Waals surface area contributed by atoms with Crippen molar-refractivity contribution in [3.05, 3.63) is 16.3 Å². The topological polar surface area (TPSA) is 130 Å². The Balaban J connectivity index is 2.99. The number of nitro groups is 1. The van der Waals surface area contributed by atoms with Crippen molar-refractivity contribution >= 4 is 17.4 Å². The van der Waals surface area contributed by atoms with E-state index in [4.69, 9.17) is 11.5 Å². The highest BCUT2D eigenvalue weighted by Crippen LogP contribution is 2.18. The molecule has 1 aromatic rings. The first-order chi connectivity index (χ1) is 6.02. The predicted octanol–water partition coefficient (Wildman–Crippen LogP) is -1.14. The lowest BCUT2D eigenvalue weighted by molar-refractivity contribution is -0.384. The molecule has 0 saturated carbocycles. The van der Waals surface area contributed by atoms with E-state index in [1.807, 2.05) is 0 Å². The molecule has 70 valence electrons. The fourth-order valence-corrected chi connectivity index (χ4v) is 0.799. The van der Waals surface area contributed by atoms with Crippen molar-refractivity contribution < 1.29 is 9.72 Å². The number of amides is 1. The molecule has 1 heterocycles. The summed E-state index contributed by atoms with van der Waals surface area (Å²) in [5.74, 6) is -0.839. The van der Waals surface area contributed by atoms with Crippen LogP contribution < -0.4 is 11.5 Å². The number of hydrogen-bond donors (Lipinski definition) is 2. The van der Waals surface area contributed by atoms with Gasteiger partial charge < -0.3 is 11.5 Å². The summed E-state index contributed by atoms with van der Waals surface area (Å²) in [6.45, 7) is -0.264. The molecule has 0 saturated heterocycles. The quantitative estimate of drug-likeness (QED) is 0.454. The maximum Gasteiger partial charge on any atom is 0.330 e. The molecule has 4 N–H and O–H groups in total. The highest BCUT2D eigenvalue weighted by atomic mass is 16.6. The normalized spacial score (nSPS) is 9.85. The minimum Gasteiger partial charge on any atom is -0.378 e. The van der Waals surface area contributed by atoms with Gasteiger partial charge in [0.1, 0.15) is 12.7 Å². The number of hydrogen-bond acceptors (Lipinski definition) is 5. The molecule has 8 nitrogen and oxygen atoms in total. The number of rotatable bonds is 3. The molecule has 0 aliphatic rings. The van der Waals surface area contributed by atoms with Gasteiger partial charge in [0.25, 0.3) is 0 Å². The summed E-state index contributed by atoms with van der Waals surface area (Å²) in [5, 5.41) is 13.8. The van der Waals surface area contributed by atoms with Gasteiger partial charge in [0.15, 0.2) is 0 Å². The van der Waals surface area contributed by atoms with Crippen LogP contribution in [0.4, 0.5) is 11.5 Å². The molecule has 0 aliphatic heterocycles. The first-order valence-electron chi connectivity index (χ1n) is 3.26. The first kappa shape index (κ1) is 8.97. The Morgan fingerprint density at radius 3 is 2.77 bits per heavy atom. The van der Waals surface area contributed by atoms with E-state index >= 15 is 0 Å². The molecule has 0 unspecified atom stereocenters. The Bertz CT molecular complexity index is 357. The van der Waals surface area contributed by atoms with E-state index in [9.17, 15) is 14.9 Å². The SMILES string of the molecule is NC(=O)Cn1ncc([N+](=O)[O-])c1N. The fourth-order valence-electron chi connectivity index (χ4n) is 0.799. The smallest absolute Gasteiger partial charge is 0.330 e. The zero-order chi connectivity index (χ0) is 10.0. The number of aromatic nitrogens is 2. The van der Waals surface area contributed by atoms with E-state index in [1.54, 1.807) is 0 Å². The summed E-state index contributed by atoms with van der Waals surface area (Å²) in [5.41, 5.74) is 9.82. The molecule has 0 radical (unpaired) electrons. The van der Waals surface area contributed by atoms with Gasteiger partial charge in [-0.05, 0) is 0 Å². The minimum atomic E-state index is -0.681. The molecule has 1 rings (SSSR count). The summed E-state index contributed by atoms with van der Waals surface area (Å²) >= 11 is 0. The molecule has 1 aromatic heterocycles. The Kier molecular flexibility index (Phi) is 2.13. The number of carbonyl (C=O) groups is 1. The van der Waals surface area contributed by atoms with Gasteiger partial charge in [0, 0.05) is 0 Å². The molecular formula is C5H7N5O3. The number of anilines is 1. The summed E-state index contributed by atoms with van der Waals surface area (Å²) in [6.07, 6.45) is 0.971. The molecule has 0 atom stereocenters. The zero-order valence-electron chi connectivity index (χ0n) is 6.51. The van der Waals surface area contributed by atoms with Gasteiger partial charge in [-0.3, -0.25) is 14.9 Å². The van der Waals surface area contributed by atoms with Crippen molar-refractivity contribution in [1.82, 2.24) is 9.78 Å². The van der Waals surface area contributed by atoms with Crippen molar-refractivity contribution in [1.29, 1.82) is 0 Å². The number of nitrogens with zero attached hydrogens (tertiary/aromatic N) is 3. The lowest BCUT2D eigenvalue weighted by Gasteiger charge is -1.97. The van der Waals surface area contributed by atoms with E-state index in [0.29, 0.717) is 0 Å². The standard InChI is InChI=1S/C5H7N5O3/c6-4(11)2-9-5(7)3(1-8-9)10(12)13/h1H,2,7H2,(H2,6,11). The molecule has 1 amide bonds. The molecule has 0 spiro atoms. The van der Waals surface area contributed by atoms with E-state index in [-0.39, 0.29) is 18.1 Å². The third-order valence-corrected chi connectivity index (χ3v) is 1.36. The summed E-state index contributed by atoms with van der Waals surface area (Å²) in [7, 11) is 0. The van der Waals surface area contributed by atoms with Crippen molar-refractivity contribution in [3.63, 3.8) is 0 Å². The van der Waals surface area contributed by atoms with Crippen LogP contribution in [0.2, 0.25) is 0 Å². The first-order valence-corrected chi connectivity index (χ1v) is 3.26. The summed E-state index contributed by atoms with van der Waals surface area (Å²) < 4.78 is 0.973. The Labute approximate surface area is 72.3 Å². The van der Waals surface area contributed by atoms with E-state index < -0.39 is 10.8 Å². The van der Waals surface area contributed by atoms with Gasteiger partial charge in [-0.1, -0.05) is 0 Å². The van der Waals surface area contributed by atoms with Gasteiger partial charge in [0.2, 0.25) is 11.7 Å². The number of nitrogen functional groups attached to an aromatic ring is 1. The molecule has 8 heteroatoms. The van der Waals surface area contributed by atoms with Crippen LogP contribution in [0.5, 0.6) is 0 Å². The van der Waals surface area contributed by atoms with E-state index in [2.05, 4.69) is 5.10 Å². The van der Waals surface area contributed by atoms with Crippen LogP contribution in [-0.2, 0) is 11.3 Å². The second kappa shape index (κ2) is 3.09. The van der Waals surface area contributed by atoms with Crippen LogP contribution in [0.25, 0.3) is 0 Å². The van der Waals surface area contributed by atoms with Crippen LogP contribution in [0.1, 0.15) is 0 Å². The van der Waals surface area contributed by atoms with Crippen LogP contribution >= 0.6 is 0 Å². The average Bonchev–Trinajstić information content (AvgIpc) is 2.32. The maximum absolute atomic E-state index is 10.4. The molecule has 0 fully saturated rings. The zero-order valence-corrected chi connectivity index (χ0v) is 6.51. The van der Waals surface area contributed by atoms with Gasteiger partial charge in [0.05, 0.1) is 4.92 Å². The molecule has 0 aromatic carbocycles. The fraction of sp³-hybridized carbons (Fsp3) is 0.200. The second-order valence-corrected chi connectivity index (χ2v) is 2.30. The van der Waals surface area contributed by atoms with Crippen LogP contribution in [0.15, 0.2) is 6.20 Å². The van der Waals surface area contributed by atoms with Crippen molar-refractivity contribution in [3.8, 4) is 0 Å². The Hall–Kier alpha value is -2.12. The average molecular weight is 185 g/mol. The van der Waals surface area contributed by atoms with E-state index in [1.165, 1.54) is 0 Å². The second-order valence-electron chi connectivity index (χ2n) is 2.30. The third kappa shape index (κ3) is 1.72. The van der Waals surface area contributed by atoms with Crippen molar-refractivity contribution in [2.24, 2.45) is 5.73 Å². The maximum atomic E-state index is 10.4. The predicted molar refractivity (Wildman–Crippen MR) is 42.5 cm³/mol. The highest BCUT2D eigenvalue weighted by Gasteiger charge is 2.17. The van der Waals surface area contributed by atoms with Crippen molar-refractivity contribution in [2.45, 2.75) is 6.54 Å². The van der Waals surface area contributed by atoms with Gasteiger partial charge in [-0.2, -0.15) is 5.10 Å². The van der Waals surface area contributed by atoms with Crippen LogP contribution in [0.3, 0.4) is 0 Å².